The molecule has 0 unspecified atom stereocenters. The molecule has 1 N–H and O–H groups in total. The zero-order valence-corrected chi connectivity index (χ0v) is 10.6. The van der Waals surface area contributed by atoms with E-state index in [0.717, 1.165) is 0 Å². The molecule has 0 aliphatic carbocycles. The summed E-state index contributed by atoms with van der Waals surface area (Å²) < 4.78 is 15.1. The van der Waals surface area contributed by atoms with Crippen molar-refractivity contribution < 1.29 is 23.8 Å². The Morgan fingerprint density at radius 2 is 2.05 bits per heavy atom. The molecule has 0 bridgehead atoms. The van der Waals surface area contributed by atoms with Gasteiger partial charge in [-0.05, 0) is 19.1 Å². The zero-order chi connectivity index (χ0) is 13.7. The minimum absolute atomic E-state index is 0.0736. The summed E-state index contributed by atoms with van der Waals surface area (Å²) in [6, 6.07) is 5.13. The van der Waals surface area contributed by atoms with Crippen LogP contribution in [-0.4, -0.2) is 25.3 Å². The number of anilines is 1. The minimum atomic E-state index is -0.372. The molecule has 1 aromatic rings. The summed E-state index contributed by atoms with van der Waals surface area (Å²) in [5, 5.41) is 2.69. The normalized spacial score (nSPS) is 12.1. The van der Waals surface area contributed by atoms with Crippen LogP contribution in [-0.2, 0) is 14.3 Å². The lowest BCUT2D eigenvalue weighted by molar-refractivity contribution is -0.144. The van der Waals surface area contributed by atoms with Crippen LogP contribution in [0.3, 0.4) is 0 Å². The Bertz CT molecular complexity index is 486. The molecular weight excluding hydrogens is 250 g/mol. The van der Waals surface area contributed by atoms with Crippen LogP contribution < -0.4 is 14.8 Å². The second-order valence-corrected chi connectivity index (χ2v) is 3.92. The van der Waals surface area contributed by atoms with Gasteiger partial charge in [-0.25, -0.2) is 0 Å². The predicted molar refractivity (Wildman–Crippen MR) is 67.1 cm³/mol. The van der Waals surface area contributed by atoms with Crippen molar-refractivity contribution in [3.8, 4) is 11.5 Å². The van der Waals surface area contributed by atoms with Crippen molar-refractivity contribution in [2.24, 2.45) is 0 Å². The maximum Gasteiger partial charge on any atom is 0.306 e. The highest BCUT2D eigenvalue weighted by molar-refractivity contribution is 5.92. The van der Waals surface area contributed by atoms with Gasteiger partial charge in [0, 0.05) is 18.2 Å². The molecule has 1 heterocycles. The average Bonchev–Trinajstić information content (AvgIpc) is 2.84. The van der Waals surface area contributed by atoms with Crippen molar-refractivity contribution in [1.29, 1.82) is 0 Å². The molecule has 1 amide bonds. The fraction of sp³-hybridized carbons (Fsp3) is 0.385. The van der Waals surface area contributed by atoms with Crippen molar-refractivity contribution in [2.75, 3.05) is 18.7 Å². The van der Waals surface area contributed by atoms with Gasteiger partial charge in [-0.1, -0.05) is 0 Å². The number of nitrogens with one attached hydrogen (secondary N) is 1. The van der Waals surface area contributed by atoms with Crippen LogP contribution in [0.1, 0.15) is 19.8 Å². The third-order valence-electron chi connectivity index (χ3n) is 2.52. The second kappa shape index (κ2) is 6.08. The molecule has 6 heteroatoms. The monoisotopic (exact) mass is 265 g/mol. The summed E-state index contributed by atoms with van der Waals surface area (Å²) >= 11 is 0. The van der Waals surface area contributed by atoms with Crippen molar-refractivity contribution in [2.45, 2.75) is 19.8 Å². The number of carbonyl (C=O) groups excluding carboxylic acids is 2. The summed E-state index contributed by atoms with van der Waals surface area (Å²) in [6.07, 6.45) is 0.164. The molecule has 102 valence electrons. The van der Waals surface area contributed by atoms with E-state index in [0.29, 0.717) is 23.8 Å². The molecule has 0 spiro atoms. The van der Waals surface area contributed by atoms with Crippen LogP contribution in [0.4, 0.5) is 5.69 Å². The van der Waals surface area contributed by atoms with Gasteiger partial charge in [0.1, 0.15) is 0 Å². The fourth-order valence-electron chi connectivity index (χ4n) is 1.65. The Morgan fingerprint density at radius 1 is 1.26 bits per heavy atom. The standard InChI is InChI=1S/C13H15NO5/c1-2-17-13(16)6-5-12(15)14-9-3-4-10-11(7-9)19-8-18-10/h3-4,7H,2,5-6,8H2,1H3,(H,14,15). The van der Waals surface area contributed by atoms with Gasteiger partial charge in [0.2, 0.25) is 12.7 Å². The smallest absolute Gasteiger partial charge is 0.306 e. The zero-order valence-electron chi connectivity index (χ0n) is 10.6. The largest absolute Gasteiger partial charge is 0.466 e. The molecule has 1 aliphatic rings. The first-order valence-corrected chi connectivity index (χ1v) is 6.04. The number of carbonyl (C=O) groups is 2. The van der Waals surface area contributed by atoms with E-state index in [-0.39, 0.29) is 31.5 Å². The molecule has 0 saturated heterocycles. The first kappa shape index (κ1) is 13.2. The van der Waals surface area contributed by atoms with Crippen molar-refractivity contribution in [1.82, 2.24) is 0 Å². The summed E-state index contributed by atoms with van der Waals surface area (Å²) in [5.74, 6) is 0.642. The summed E-state index contributed by atoms with van der Waals surface area (Å²) in [7, 11) is 0. The fourth-order valence-corrected chi connectivity index (χ4v) is 1.65. The Labute approximate surface area is 110 Å². The van der Waals surface area contributed by atoms with E-state index in [1.165, 1.54) is 0 Å². The van der Waals surface area contributed by atoms with E-state index >= 15 is 0 Å². The van der Waals surface area contributed by atoms with Crippen LogP contribution in [0.25, 0.3) is 0 Å². The van der Waals surface area contributed by atoms with Crippen LogP contribution in [0, 0.1) is 0 Å². The molecule has 1 aromatic carbocycles. The van der Waals surface area contributed by atoms with E-state index in [2.05, 4.69) is 5.32 Å². The summed E-state index contributed by atoms with van der Waals surface area (Å²) in [6.45, 7) is 2.24. The van der Waals surface area contributed by atoms with E-state index in [1.807, 2.05) is 0 Å². The number of amides is 1. The second-order valence-electron chi connectivity index (χ2n) is 3.92. The first-order valence-electron chi connectivity index (χ1n) is 6.04. The van der Waals surface area contributed by atoms with E-state index in [4.69, 9.17) is 14.2 Å². The van der Waals surface area contributed by atoms with Crippen molar-refractivity contribution >= 4 is 17.6 Å². The quantitative estimate of drug-likeness (QED) is 0.820. The minimum Gasteiger partial charge on any atom is -0.466 e. The summed E-state index contributed by atoms with van der Waals surface area (Å²) in [4.78, 5) is 22.7. The van der Waals surface area contributed by atoms with Gasteiger partial charge < -0.3 is 19.5 Å². The molecule has 6 nitrogen and oxygen atoms in total. The van der Waals surface area contributed by atoms with Gasteiger partial charge in [-0.2, -0.15) is 0 Å². The third kappa shape index (κ3) is 3.61. The maximum atomic E-state index is 11.6. The molecule has 19 heavy (non-hydrogen) atoms. The summed E-state index contributed by atoms with van der Waals surface area (Å²) in [5.41, 5.74) is 0.609. The predicted octanol–water partition coefficient (Wildman–Crippen LogP) is 1.70. The Morgan fingerprint density at radius 3 is 2.84 bits per heavy atom. The van der Waals surface area contributed by atoms with Crippen LogP contribution in [0.15, 0.2) is 18.2 Å². The SMILES string of the molecule is CCOC(=O)CCC(=O)Nc1ccc2c(c1)OCO2. The number of esters is 1. The number of ether oxygens (including phenoxy) is 3. The molecule has 1 aliphatic heterocycles. The van der Waals surface area contributed by atoms with Crippen molar-refractivity contribution in [3.05, 3.63) is 18.2 Å². The van der Waals surface area contributed by atoms with Crippen molar-refractivity contribution in [3.63, 3.8) is 0 Å². The van der Waals surface area contributed by atoms with E-state index < -0.39 is 0 Å². The first-order chi connectivity index (χ1) is 9.19. The van der Waals surface area contributed by atoms with Gasteiger partial charge in [-0.15, -0.1) is 0 Å². The molecule has 0 radical (unpaired) electrons. The molecule has 0 saturated carbocycles. The lowest BCUT2D eigenvalue weighted by atomic mass is 10.2. The number of hydrogen-bond donors (Lipinski definition) is 1. The molecule has 2 rings (SSSR count). The number of rotatable bonds is 5. The van der Waals surface area contributed by atoms with Gasteiger partial charge in [0.25, 0.3) is 0 Å². The van der Waals surface area contributed by atoms with Gasteiger partial charge in [-0.3, -0.25) is 9.59 Å². The molecule has 0 fully saturated rings. The topological polar surface area (TPSA) is 73.9 Å². The van der Waals surface area contributed by atoms with E-state index in [9.17, 15) is 9.59 Å². The highest BCUT2D eigenvalue weighted by Crippen LogP contribution is 2.34. The van der Waals surface area contributed by atoms with Crippen LogP contribution in [0.2, 0.25) is 0 Å². The molecule has 0 aromatic heterocycles. The van der Waals surface area contributed by atoms with E-state index in [1.54, 1.807) is 25.1 Å². The highest BCUT2D eigenvalue weighted by Gasteiger charge is 2.14. The van der Waals surface area contributed by atoms with Crippen LogP contribution >= 0.6 is 0 Å². The highest BCUT2D eigenvalue weighted by atomic mass is 16.7. The van der Waals surface area contributed by atoms with Gasteiger partial charge in [0.15, 0.2) is 11.5 Å². The Kier molecular flexibility index (Phi) is 4.22. The lowest BCUT2D eigenvalue weighted by Crippen LogP contribution is -2.14. The Balaban J connectivity index is 1.84. The van der Waals surface area contributed by atoms with Gasteiger partial charge >= 0.3 is 5.97 Å². The third-order valence-corrected chi connectivity index (χ3v) is 2.52. The molecular formula is C13H15NO5. The average molecular weight is 265 g/mol. The van der Waals surface area contributed by atoms with Gasteiger partial charge in [0.05, 0.1) is 13.0 Å². The number of fused-ring (bicyclic) bond motifs is 1. The van der Waals surface area contributed by atoms with Crippen LogP contribution in [0.5, 0.6) is 11.5 Å². The lowest BCUT2D eigenvalue weighted by Gasteiger charge is -2.06. The number of hydrogen-bond acceptors (Lipinski definition) is 5. The number of benzene rings is 1. The maximum absolute atomic E-state index is 11.6. The Hall–Kier alpha value is -2.24. The molecule has 0 atom stereocenters.